The number of benzene rings is 3. The summed E-state index contributed by atoms with van der Waals surface area (Å²) in [4.78, 5) is 28.2. The summed E-state index contributed by atoms with van der Waals surface area (Å²) in [6.07, 6.45) is 2.57. The second-order valence-electron chi connectivity index (χ2n) is 10.1. The molecule has 2 unspecified atom stereocenters. The molecule has 1 heterocycles. The Labute approximate surface area is 217 Å². The Balaban J connectivity index is 1.38. The first-order valence-electron chi connectivity index (χ1n) is 13.1. The van der Waals surface area contributed by atoms with Gasteiger partial charge in [-0.25, -0.2) is 4.39 Å². The molecule has 2 aliphatic rings. The van der Waals surface area contributed by atoms with Gasteiger partial charge in [0.05, 0.1) is 6.04 Å². The Hall–Kier alpha value is -3.67. The number of carbonyl (C=O) groups is 2. The molecule has 0 bridgehead atoms. The summed E-state index contributed by atoms with van der Waals surface area (Å²) < 4.78 is 19.4. The average Bonchev–Trinajstić information content (AvgIpc) is 3.76. The van der Waals surface area contributed by atoms with Crippen molar-refractivity contribution in [2.24, 2.45) is 5.92 Å². The van der Waals surface area contributed by atoms with E-state index < -0.39 is 6.10 Å². The van der Waals surface area contributed by atoms with Crippen molar-refractivity contribution in [3.8, 4) is 5.75 Å². The van der Waals surface area contributed by atoms with E-state index in [1.165, 1.54) is 17.7 Å². The van der Waals surface area contributed by atoms with Crippen molar-refractivity contribution in [3.05, 3.63) is 100 Å². The average molecular weight is 501 g/mol. The fourth-order valence-corrected chi connectivity index (χ4v) is 5.06. The van der Waals surface area contributed by atoms with Gasteiger partial charge >= 0.3 is 0 Å². The van der Waals surface area contributed by atoms with Crippen LogP contribution in [0.15, 0.2) is 66.7 Å². The van der Waals surface area contributed by atoms with E-state index in [4.69, 9.17) is 4.74 Å². The van der Waals surface area contributed by atoms with Gasteiger partial charge in [-0.15, -0.1) is 0 Å². The molecule has 192 valence electrons. The first kappa shape index (κ1) is 25.0. The topological polar surface area (TPSA) is 58.6 Å². The van der Waals surface area contributed by atoms with Gasteiger partial charge in [0.15, 0.2) is 6.10 Å². The monoisotopic (exact) mass is 500 g/mol. The zero-order chi connectivity index (χ0) is 25.9. The number of carbonyl (C=O) groups excluding carboxylic acids is 2. The van der Waals surface area contributed by atoms with Gasteiger partial charge in [0.25, 0.3) is 5.91 Å². The number of nitrogens with zero attached hydrogens (tertiary/aromatic N) is 1. The Kier molecular flexibility index (Phi) is 7.26. The molecule has 0 spiro atoms. The molecule has 1 saturated carbocycles. The minimum atomic E-state index is -0.663. The van der Waals surface area contributed by atoms with Crippen LogP contribution in [-0.2, 0) is 22.6 Å². The molecule has 5 nitrogen and oxygen atoms in total. The highest BCUT2D eigenvalue weighted by atomic mass is 19.1. The lowest BCUT2D eigenvalue weighted by atomic mass is 9.87. The third kappa shape index (κ3) is 5.68. The summed E-state index contributed by atoms with van der Waals surface area (Å²) in [5.74, 6) is 0.461. The molecule has 0 saturated heterocycles. The Morgan fingerprint density at radius 2 is 1.86 bits per heavy atom. The molecule has 5 rings (SSSR count). The van der Waals surface area contributed by atoms with Gasteiger partial charge in [-0.3, -0.25) is 9.59 Å². The number of halogens is 1. The normalized spacial score (nSPS) is 17.6. The predicted molar refractivity (Wildman–Crippen MR) is 141 cm³/mol. The Bertz CT molecular complexity index is 1290. The van der Waals surface area contributed by atoms with Crippen molar-refractivity contribution < 1.29 is 18.7 Å². The van der Waals surface area contributed by atoms with E-state index in [0.717, 1.165) is 41.5 Å². The molecule has 1 aliphatic carbocycles. The fourth-order valence-electron chi connectivity index (χ4n) is 5.06. The first-order valence-corrected chi connectivity index (χ1v) is 13.1. The molecule has 3 aromatic carbocycles. The highest BCUT2D eigenvalue weighted by molar-refractivity contribution is 5.82. The molecule has 0 aromatic heterocycles. The maximum Gasteiger partial charge on any atom is 0.261 e. The lowest BCUT2D eigenvalue weighted by Gasteiger charge is -2.38. The number of hydrogen-bond donors (Lipinski definition) is 1. The highest BCUT2D eigenvalue weighted by Gasteiger charge is 2.39. The number of fused-ring (bicyclic) bond motifs is 1. The quantitative estimate of drug-likeness (QED) is 0.445. The largest absolute Gasteiger partial charge is 0.481 e. The molecule has 1 N–H and O–H groups in total. The van der Waals surface area contributed by atoms with Gasteiger partial charge in [-0.1, -0.05) is 55.0 Å². The van der Waals surface area contributed by atoms with Crippen molar-refractivity contribution >= 4 is 11.8 Å². The smallest absolute Gasteiger partial charge is 0.261 e. The first-order chi connectivity index (χ1) is 17.9. The molecule has 3 aromatic rings. The fraction of sp³-hybridized carbons (Fsp3) is 0.355. The van der Waals surface area contributed by atoms with Gasteiger partial charge in [-0.2, -0.15) is 0 Å². The van der Waals surface area contributed by atoms with Crippen molar-refractivity contribution in [3.63, 3.8) is 0 Å². The number of amides is 2. The van der Waals surface area contributed by atoms with Crippen LogP contribution in [0.3, 0.4) is 0 Å². The molecule has 6 heteroatoms. The van der Waals surface area contributed by atoms with Gasteiger partial charge in [-0.05, 0) is 79.1 Å². The number of nitrogens with one attached hydrogen (secondary N) is 1. The van der Waals surface area contributed by atoms with Crippen LogP contribution < -0.4 is 10.1 Å². The summed E-state index contributed by atoms with van der Waals surface area (Å²) in [6.45, 7) is 4.98. The maximum absolute atomic E-state index is 13.3. The second-order valence-corrected chi connectivity index (χ2v) is 10.1. The second kappa shape index (κ2) is 10.8. The number of ether oxygens (including phenoxy) is 1. The van der Waals surface area contributed by atoms with Crippen molar-refractivity contribution in [2.45, 2.75) is 58.2 Å². The molecule has 1 fully saturated rings. The van der Waals surface area contributed by atoms with Crippen LogP contribution in [0.5, 0.6) is 5.75 Å². The summed E-state index contributed by atoms with van der Waals surface area (Å²) in [6, 6.07) is 20.2. The highest BCUT2D eigenvalue weighted by Crippen LogP contribution is 2.41. The third-order valence-electron chi connectivity index (χ3n) is 7.23. The van der Waals surface area contributed by atoms with E-state index in [-0.39, 0.29) is 29.6 Å². The van der Waals surface area contributed by atoms with Crippen LogP contribution in [0.2, 0.25) is 0 Å². The van der Waals surface area contributed by atoms with Crippen LogP contribution in [-0.4, -0.2) is 29.4 Å². The van der Waals surface area contributed by atoms with Gasteiger partial charge in [0.2, 0.25) is 5.91 Å². The number of hydrogen-bond acceptors (Lipinski definition) is 3. The minimum Gasteiger partial charge on any atom is -0.481 e. The van der Waals surface area contributed by atoms with Gasteiger partial charge < -0.3 is 15.0 Å². The molecule has 1 aliphatic heterocycles. The van der Waals surface area contributed by atoms with Crippen molar-refractivity contribution in [2.75, 3.05) is 6.54 Å². The van der Waals surface area contributed by atoms with Gasteiger partial charge in [0, 0.05) is 19.0 Å². The van der Waals surface area contributed by atoms with Crippen LogP contribution in [0.1, 0.15) is 60.0 Å². The van der Waals surface area contributed by atoms with Crippen LogP contribution in [0, 0.1) is 18.7 Å². The SMILES string of the molecule is CCC(Oc1ccc2c(c1)C(c1cccc(C)c1)N(C(=O)C1CC1)CC2)C(=O)NCc1ccc(F)cc1. The number of rotatable bonds is 8. The molecular formula is C31H33FN2O3. The van der Waals surface area contributed by atoms with E-state index in [0.29, 0.717) is 25.3 Å². The standard InChI is InChI=1S/C31H33FN2O3/c1-3-28(30(35)33-19-21-7-12-25(32)13-8-21)37-26-14-11-22-15-16-34(31(36)23-9-10-23)29(27(22)18-26)24-6-4-5-20(2)17-24/h4-8,11-14,17-18,23,28-29H,3,9-10,15-16,19H2,1-2H3,(H,33,35). The van der Waals surface area contributed by atoms with Crippen LogP contribution in [0.4, 0.5) is 4.39 Å². The molecule has 2 amide bonds. The summed E-state index contributed by atoms with van der Waals surface area (Å²) in [5.41, 5.74) is 5.33. The zero-order valence-corrected chi connectivity index (χ0v) is 21.4. The molecule has 37 heavy (non-hydrogen) atoms. The maximum atomic E-state index is 13.3. The van der Waals surface area contributed by atoms with E-state index >= 15 is 0 Å². The lowest BCUT2D eigenvalue weighted by molar-refractivity contribution is -0.134. The molecular weight excluding hydrogens is 467 g/mol. The molecule has 2 atom stereocenters. The molecule has 0 radical (unpaired) electrons. The van der Waals surface area contributed by atoms with Crippen LogP contribution in [0.25, 0.3) is 0 Å². The summed E-state index contributed by atoms with van der Waals surface area (Å²) in [7, 11) is 0. The minimum absolute atomic E-state index is 0.141. The Morgan fingerprint density at radius 3 is 2.57 bits per heavy atom. The third-order valence-corrected chi connectivity index (χ3v) is 7.23. The van der Waals surface area contributed by atoms with E-state index in [1.807, 2.05) is 30.0 Å². The van der Waals surface area contributed by atoms with Gasteiger partial charge in [0.1, 0.15) is 11.6 Å². The summed E-state index contributed by atoms with van der Waals surface area (Å²) in [5, 5.41) is 2.89. The van der Waals surface area contributed by atoms with E-state index in [2.05, 4.69) is 36.5 Å². The van der Waals surface area contributed by atoms with Crippen molar-refractivity contribution in [1.82, 2.24) is 10.2 Å². The van der Waals surface area contributed by atoms with Crippen molar-refractivity contribution in [1.29, 1.82) is 0 Å². The zero-order valence-electron chi connectivity index (χ0n) is 21.4. The van der Waals surface area contributed by atoms with Crippen LogP contribution >= 0.6 is 0 Å². The lowest BCUT2D eigenvalue weighted by Crippen LogP contribution is -2.41. The predicted octanol–water partition coefficient (Wildman–Crippen LogP) is 5.49. The summed E-state index contributed by atoms with van der Waals surface area (Å²) >= 11 is 0. The Morgan fingerprint density at radius 1 is 1.08 bits per heavy atom. The van der Waals surface area contributed by atoms with E-state index in [9.17, 15) is 14.0 Å². The number of aryl methyl sites for hydroxylation is 1. The van der Waals surface area contributed by atoms with E-state index in [1.54, 1.807) is 12.1 Å².